The van der Waals surface area contributed by atoms with Crippen molar-refractivity contribution in [2.75, 3.05) is 40.0 Å². The maximum absolute atomic E-state index is 11.3. The van der Waals surface area contributed by atoms with Crippen molar-refractivity contribution >= 4 is 24.3 Å². The van der Waals surface area contributed by atoms with Crippen LogP contribution in [0.25, 0.3) is 0 Å². The van der Waals surface area contributed by atoms with Crippen LogP contribution in [0, 0.1) is 5.92 Å². The zero-order valence-electron chi connectivity index (χ0n) is 11.2. The average Bonchev–Trinajstić information content (AvgIpc) is 2.32. The molecule has 0 saturated carbocycles. The fourth-order valence-electron chi connectivity index (χ4n) is 1.07. The summed E-state index contributed by atoms with van der Waals surface area (Å²) in [5, 5.41) is 5.57. The largest absolute Gasteiger partial charge is 0.466 e. The first-order valence-electron chi connectivity index (χ1n) is 5.74. The van der Waals surface area contributed by atoms with Gasteiger partial charge in [0.1, 0.15) is 0 Å². The summed E-state index contributed by atoms with van der Waals surface area (Å²) in [5.41, 5.74) is 0. The molecule has 108 valence electrons. The predicted octanol–water partition coefficient (Wildman–Crippen LogP) is -0.0404. The number of ether oxygens (including phenoxy) is 2. The summed E-state index contributed by atoms with van der Waals surface area (Å²) in [6.45, 7) is 5.53. The quantitative estimate of drug-likeness (QED) is 0.458. The van der Waals surface area contributed by atoms with Crippen LogP contribution in [0.5, 0.6) is 0 Å². The minimum absolute atomic E-state index is 0. The number of hydrogen-bond acceptors (Lipinski definition) is 5. The first-order chi connectivity index (χ1) is 8.11. The molecule has 0 fully saturated rings. The number of carbonyl (C=O) groups is 2. The van der Waals surface area contributed by atoms with Crippen molar-refractivity contribution in [3.8, 4) is 0 Å². The number of halogens is 1. The molecule has 6 nitrogen and oxygen atoms in total. The van der Waals surface area contributed by atoms with Crippen LogP contribution in [-0.2, 0) is 19.1 Å². The lowest BCUT2D eigenvalue weighted by atomic mass is 10.2. The van der Waals surface area contributed by atoms with E-state index < -0.39 is 0 Å². The van der Waals surface area contributed by atoms with Gasteiger partial charge in [0.05, 0.1) is 25.7 Å². The normalized spacial score (nSPS) is 11.3. The fourth-order valence-corrected chi connectivity index (χ4v) is 1.07. The number of rotatable bonds is 9. The molecule has 0 aliphatic carbocycles. The molecule has 1 amide bonds. The summed E-state index contributed by atoms with van der Waals surface area (Å²) in [5.74, 6) is -0.754. The number of esters is 1. The van der Waals surface area contributed by atoms with E-state index >= 15 is 0 Å². The van der Waals surface area contributed by atoms with Gasteiger partial charge >= 0.3 is 5.97 Å². The van der Waals surface area contributed by atoms with Crippen LogP contribution in [0.4, 0.5) is 0 Å². The van der Waals surface area contributed by atoms with E-state index in [1.165, 1.54) is 0 Å². The molecule has 0 aromatic rings. The van der Waals surface area contributed by atoms with E-state index in [-0.39, 0.29) is 36.7 Å². The molecule has 1 atom stereocenters. The first kappa shape index (κ1) is 19.5. The SMILES string of the molecule is CCOC(=O)C(C)CNC(=O)CNCCOC.Cl. The summed E-state index contributed by atoms with van der Waals surface area (Å²) < 4.78 is 9.65. The predicted molar refractivity (Wildman–Crippen MR) is 70.8 cm³/mol. The minimum Gasteiger partial charge on any atom is -0.466 e. The van der Waals surface area contributed by atoms with Gasteiger partial charge in [-0.15, -0.1) is 12.4 Å². The molecule has 1 unspecified atom stereocenters. The van der Waals surface area contributed by atoms with Crippen LogP contribution < -0.4 is 10.6 Å². The van der Waals surface area contributed by atoms with Crippen molar-refractivity contribution in [3.05, 3.63) is 0 Å². The topological polar surface area (TPSA) is 76.7 Å². The summed E-state index contributed by atoms with van der Waals surface area (Å²) in [7, 11) is 1.60. The maximum atomic E-state index is 11.3. The Morgan fingerprint density at radius 3 is 2.56 bits per heavy atom. The van der Waals surface area contributed by atoms with Gasteiger partial charge in [0.15, 0.2) is 0 Å². The van der Waals surface area contributed by atoms with Crippen LogP contribution in [0.15, 0.2) is 0 Å². The van der Waals surface area contributed by atoms with Crippen molar-refractivity contribution < 1.29 is 19.1 Å². The number of nitrogens with one attached hydrogen (secondary N) is 2. The van der Waals surface area contributed by atoms with E-state index in [9.17, 15) is 9.59 Å². The Kier molecular flexibility index (Phi) is 13.6. The molecule has 0 saturated heterocycles. The van der Waals surface area contributed by atoms with Gasteiger partial charge in [-0.2, -0.15) is 0 Å². The number of hydrogen-bond donors (Lipinski definition) is 2. The molecular weight excluding hydrogens is 260 g/mol. The fraction of sp³-hybridized carbons (Fsp3) is 0.818. The second kappa shape index (κ2) is 12.6. The van der Waals surface area contributed by atoms with E-state index in [1.807, 2.05) is 0 Å². The Bertz CT molecular complexity index is 239. The van der Waals surface area contributed by atoms with Gasteiger partial charge < -0.3 is 20.1 Å². The average molecular weight is 283 g/mol. The summed E-state index contributed by atoms with van der Waals surface area (Å²) >= 11 is 0. The zero-order valence-corrected chi connectivity index (χ0v) is 12.0. The summed E-state index contributed by atoms with van der Waals surface area (Å²) in [4.78, 5) is 22.6. The van der Waals surface area contributed by atoms with E-state index in [0.29, 0.717) is 26.3 Å². The number of methoxy groups -OCH3 is 1. The Balaban J connectivity index is 0. The van der Waals surface area contributed by atoms with Crippen LogP contribution in [0.2, 0.25) is 0 Å². The Hall–Kier alpha value is -0.850. The van der Waals surface area contributed by atoms with Gasteiger partial charge in [-0.3, -0.25) is 9.59 Å². The molecule has 0 aromatic carbocycles. The smallest absolute Gasteiger partial charge is 0.310 e. The van der Waals surface area contributed by atoms with Gasteiger partial charge in [-0.1, -0.05) is 6.92 Å². The van der Waals surface area contributed by atoms with Crippen LogP contribution in [-0.4, -0.2) is 51.8 Å². The highest BCUT2D eigenvalue weighted by Crippen LogP contribution is 1.96. The highest BCUT2D eigenvalue weighted by molar-refractivity contribution is 5.85. The standard InChI is InChI=1S/C11H22N2O4.ClH/c1-4-17-11(15)9(2)7-13-10(14)8-12-5-6-16-3;/h9,12H,4-8H2,1-3H3,(H,13,14);1H. The molecule has 0 rings (SSSR count). The third-order valence-corrected chi connectivity index (χ3v) is 2.06. The van der Waals surface area contributed by atoms with E-state index in [1.54, 1.807) is 21.0 Å². The molecule has 0 bridgehead atoms. The molecule has 0 heterocycles. The number of carbonyl (C=O) groups excluding carboxylic acids is 2. The van der Waals surface area contributed by atoms with Crippen LogP contribution in [0.3, 0.4) is 0 Å². The van der Waals surface area contributed by atoms with Crippen molar-refractivity contribution in [3.63, 3.8) is 0 Å². The van der Waals surface area contributed by atoms with Crippen molar-refractivity contribution in [2.24, 2.45) is 5.92 Å². The van der Waals surface area contributed by atoms with E-state index in [4.69, 9.17) is 9.47 Å². The van der Waals surface area contributed by atoms with Gasteiger partial charge in [0.25, 0.3) is 0 Å². The van der Waals surface area contributed by atoms with Crippen LogP contribution >= 0.6 is 12.4 Å². The van der Waals surface area contributed by atoms with E-state index in [0.717, 1.165) is 0 Å². The second-order valence-electron chi connectivity index (χ2n) is 3.63. The molecule has 0 spiro atoms. The van der Waals surface area contributed by atoms with Gasteiger partial charge in [0, 0.05) is 20.2 Å². The molecular formula is C11H23ClN2O4. The lowest BCUT2D eigenvalue weighted by molar-refractivity contribution is -0.147. The zero-order chi connectivity index (χ0) is 13.1. The third-order valence-electron chi connectivity index (χ3n) is 2.06. The Labute approximate surface area is 114 Å². The molecule has 0 aliphatic heterocycles. The highest BCUT2D eigenvalue weighted by Gasteiger charge is 2.14. The summed E-state index contributed by atoms with van der Waals surface area (Å²) in [6.07, 6.45) is 0. The molecule has 18 heavy (non-hydrogen) atoms. The molecule has 0 aromatic heterocycles. The second-order valence-corrected chi connectivity index (χ2v) is 3.63. The third kappa shape index (κ3) is 10.3. The molecule has 7 heteroatoms. The molecule has 0 radical (unpaired) electrons. The summed E-state index contributed by atoms with van der Waals surface area (Å²) in [6, 6.07) is 0. The highest BCUT2D eigenvalue weighted by atomic mass is 35.5. The van der Waals surface area contributed by atoms with Crippen molar-refractivity contribution in [1.82, 2.24) is 10.6 Å². The van der Waals surface area contributed by atoms with Crippen LogP contribution in [0.1, 0.15) is 13.8 Å². The van der Waals surface area contributed by atoms with Crippen molar-refractivity contribution in [2.45, 2.75) is 13.8 Å². The lowest BCUT2D eigenvalue weighted by Gasteiger charge is -2.11. The minimum atomic E-state index is -0.321. The molecule has 0 aliphatic rings. The van der Waals surface area contributed by atoms with Gasteiger partial charge in [-0.25, -0.2) is 0 Å². The lowest BCUT2D eigenvalue weighted by Crippen LogP contribution is -2.38. The number of amides is 1. The van der Waals surface area contributed by atoms with Gasteiger partial charge in [-0.05, 0) is 6.92 Å². The monoisotopic (exact) mass is 282 g/mol. The Morgan fingerprint density at radius 2 is 2.00 bits per heavy atom. The van der Waals surface area contributed by atoms with Gasteiger partial charge in [0.2, 0.25) is 5.91 Å². The maximum Gasteiger partial charge on any atom is 0.310 e. The Morgan fingerprint density at radius 1 is 1.33 bits per heavy atom. The van der Waals surface area contributed by atoms with Crippen molar-refractivity contribution in [1.29, 1.82) is 0 Å². The molecule has 2 N–H and O–H groups in total. The van der Waals surface area contributed by atoms with E-state index in [2.05, 4.69) is 10.6 Å². The first-order valence-corrected chi connectivity index (χ1v) is 5.74.